The van der Waals surface area contributed by atoms with E-state index in [0.717, 1.165) is 5.56 Å². The largest absolute Gasteiger partial charge is 0.543 e. The maximum atomic E-state index is 11.9. The molecular weight excluding hydrogens is 380 g/mol. The highest BCUT2D eigenvalue weighted by Crippen LogP contribution is 2.39. The SMILES string of the molecule is Cl.N[C@@H]1C(=O)N2C(C(=O)[O-])=C(C[n+]3ccc(-c4cnco4)cc3)CS[C@@H]12. The number of thioether (sulfide) groups is 1. The fraction of sp³-hybridized carbons (Fsp3) is 0.250. The molecule has 4 rings (SSSR count). The summed E-state index contributed by atoms with van der Waals surface area (Å²) in [6.45, 7) is 0.346. The van der Waals surface area contributed by atoms with Gasteiger partial charge in [0.25, 0.3) is 0 Å². The predicted molar refractivity (Wildman–Crippen MR) is 92.5 cm³/mol. The Morgan fingerprint density at radius 3 is 2.81 bits per heavy atom. The Morgan fingerprint density at radius 1 is 1.46 bits per heavy atom. The fourth-order valence-electron chi connectivity index (χ4n) is 3.00. The summed E-state index contributed by atoms with van der Waals surface area (Å²) in [4.78, 5) is 28.6. The molecule has 1 amide bonds. The van der Waals surface area contributed by atoms with Crippen molar-refractivity contribution in [2.45, 2.75) is 18.0 Å². The van der Waals surface area contributed by atoms with E-state index in [1.807, 2.05) is 29.1 Å². The van der Waals surface area contributed by atoms with Gasteiger partial charge in [0.05, 0.1) is 17.9 Å². The number of carbonyl (C=O) groups excluding carboxylic acids is 2. The molecule has 0 aliphatic carbocycles. The van der Waals surface area contributed by atoms with Crippen LogP contribution in [0.2, 0.25) is 0 Å². The molecular formula is C16H15ClN4O4S. The molecule has 1 saturated heterocycles. The first-order chi connectivity index (χ1) is 12.1. The summed E-state index contributed by atoms with van der Waals surface area (Å²) in [5.74, 6) is -0.584. The van der Waals surface area contributed by atoms with E-state index in [1.54, 1.807) is 6.20 Å². The van der Waals surface area contributed by atoms with Crippen LogP contribution in [0.5, 0.6) is 0 Å². The van der Waals surface area contributed by atoms with Gasteiger partial charge < -0.3 is 20.1 Å². The number of oxazole rings is 1. The maximum Gasteiger partial charge on any atom is 0.248 e. The zero-order valence-corrected chi connectivity index (χ0v) is 15.0. The lowest BCUT2D eigenvalue weighted by Crippen LogP contribution is -2.69. The zero-order valence-electron chi connectivity index (χ0n) is 13.4. The average Bonchev–Trinajstić information content (AvgIpc) is 3.15. The first-order valence-electron chi connectivity index (χ1n) is 7.58. The van der Waals surface area contributed by atoms with Crippen LogP contribution in [0.4, 0.5) is 0 Å². The standard InChI is InChI=1S/C16H14N4O4S.ClH/c17-12-14(21)20-13(16(22)23)10(7-25-15(12)20)6-19-3-1-9(2-4-19)11-5-18-8-24-11;/h1-5,8,12,15H,6-7,17H2;1H/t12-,15+;/m1./s1. The van der Waals surface area contributed by atoms with Gasteiger partial charge >= 0.3 is 0 Å². The van der Waals surface area contributed by atoms with Gasteiger partial charge in [-0.15, -0.1) is 24.2 Å². The van der Waals surface area contributed by atoms with Crippen LogP contribution >= 0.6 is 24.2 Å². The van der Waals surface area contributed by atoms with Crippen LogP contribution < -0.4 is 15.4 Å². The number of β-lactam (4-membered cyclic amide) rings is 1. The van der Waals surface area contributed by atoms with Gasteiger partial charge in [0, 0.05) is 29.0 Å². The Labute approximate surface area is 159 Å². The number of pyridine rings is 1. The summed E-state index contributed by atoms with van der Waals surface area (Å²) in [6, 6.07) is 3.06. The van der Waals surface area contributed by atoms with Crippen molar-refractivity contribution in [3.05, 3.63) is 48.4 Å². The van der Waals surface area contributed by atoms with E-state index >= 15 is 0 Å². The van der Waals surface area contributed by atoms with E-state index in [-0.39, 0.29) is 29.4 Å². The highest BCUT2D eigenvalue weighted by molar-refractivity contribution is 8.00. The molecule has 2 N–H and O–H groups in total. The van der Waals surface area contributed by atoms with Gasteiger partial charge in [0.15, 0.2) is 31.1 Å². The van der Waals surface area contributed by atoms with Gasteiger partial charge in [0.2, 0.25) is 5.91 Å². The Morgan fingerprint density at radius 2 is 2.19 bits per heavy atom. The number of amides is 1. The van der Waals surface area contributed by atoms with Crippen molar-refractivity contribution in [1.82, 2.24) is 9.88 Å². The van der Waals surface area contributed by atoms with Gasteiger partial charge in [-0.05, 0) is 0 Å². The van der Waals surface area contributed by atoms with E-state index in [9.17, 15) is 14.7 Å². The van der Waals surface area contributed by atoms with Crippen LogP contribution in [-0.4, -0.2) is 38.9 Å². The Kier molecular flexibility index (Phi) is 5.03. The second-order valence-electron chi connectivity index (χ2n) is 5.80. The van der Waals surface area contributed by atoms with Crippen LogP contribution in [0, 0.1) is 0 Å². The number of halogens is 1. The van der Waals surface area contributed by atoms with Crippen LogP contribution in [0.25, 0.3) is 11.3 Å². The second-order valence-corrected chi connectivity index (χ2v) is 6.91. The molecule has 10 heteroatoms. The van der Waals surface area contributed by atoms with Crippen LogP contribution in [0.3, 0.4) is 0 Å². The number of hydrogen-bond acceptors (Lipinski definition) is 7. The molecule has 2 aromatic rings. The molecule has 0 spiro atoms. The topological polar surface area (TPSA) is 116 Å². The highest BCUT2D eigenvalue weighted by atomic mass is 35.5. The molecule has 0 unspecified atom stereocenters. The van der Waals surface area contributed by atoms with Gasteiger partial charge in [-0.2, -0.15) is 0 Å². The first kappa shape index (κ1) is 18.4. The number of carboxylic acid groups (broad SMARTS) is 1. The number of rotatable bonds is 4. The van der Waals surface area contributed by atoms with Crippen molar-refractivity contribution in [3.8, 4) is 11.3 Å². The van der Waals surface area contributed by atoms with E-state index in [0.29, 0.717) is 23.6 Å². The molecule has 2 aliphatic rings. The summed E-state index contributed by atoms with van der Waals surface area (Å²) in [6.07, 6.45) is 6.61. The molecule has 4 heterocycles. The zero-order chi connectivity index (χ0) is 17.6. The summed E-state index contributed by atoms with van der Waals surface area (Å²) < 4.78 is 7.07. The van der Waals surface area contributed by atoms with Crippen LogP contribution in [0.15, 0.2) is 52.8 Å². The number of nitrogens with two attached hydrogens (primary N) is 1. The molecule has 0 aromatic carbocycles. The Balaban J connectivity index is 0.00000196. The minimum Gasteiger partial charge on any atom is -0.543 e. The highest BCUT2D eigenvalue weighted by Gasteiger charge is 2.50. The molecule has 0 saturated carbocycles. The average molecular weight is 395 g/mol. The minimum atomic E-state index is -1.35. The number of hydrogen-bond donors (Lipinski definition) is 1. The van der Waals surface area contributed by atoms with Crippen molar-refractivity contribution < 1.29 is 23.7 Å². The lowest BCUT2D eigenvalue weighted by atomic mass is 10.0. The molecule has 26 heavy (non-hydrogen) atoms. The first-order valence-corrected chi connectivity index (χ1v) is 8.62. The van der Waals surface area contributed by atoms with Gasteiger partial charge in [-0.25, -0.2) is 9.55 Å². The van der Waals surface area contributed by atoms with E-state index < -0.39 is 12.0 Å². The number of fused-ring (bicyclic) bond motifs is 1. The number of nitrogens with zero attached hydrogens (tertiary/aromatic N) is 3. The van der Waals surface area contributed by atoms with Crippen molar-refractivity contribution in [2.75, 3.05) is 5.75 Å². The number of carboxylic acids is 1. The van der Waals surface area contributed by atoms with E-state index in [4.69, 9.17) is 10.2 Å². The van der Waals surface area contributed by atoms with Crippen molar-refractivity contribution in [3.63, 3.8) is 0 Å². The molecule has 1 fully saturated rings. The normalized spacial score (nSPS) is 21.7. The lowest BCUT2D eigenvalue weighted by Gasteiger charge is -2.49. The fourth-order valence-corrected chi connectivity index (χ4v) is 4.28. The van der Waals surface area contributed by atoms with Gasteiger partial charge in [0.1, 0.15) is 11.4 Å². The summed E-state index contributed by atoms with van der Waals surface area (Å²) in [5, 5.41) is 11.2. The van der Waals surface area contributed by atoms with Crippen LogP contribution in [-0.2, 0) is 16.1 Å². The smallest absolute Gasteiger partial charge is 0.248 e. The second kappa shape index (κ2) is 7.10. The number of aromatic nitrogens is 2. The minimum absolute atomic E-state index is 0. The predicted octanol–water partition coefficient (Wildman–Crippen LogP) is -0.703. The summed E-state index contributed by atoms with van der Waals surface area (Å²) in [7, 11) is 0. The molecule has 2 atom stereocenters. The molecule has 2 aliphatic heterocycles. The molecule has 0 radical (unpaired) electrons. The Bertz CT molecular complexity index is 869. The molecule has 136 valence electrons. The third kappa shape index (κ3) is 2.98. The Hall–Kier alpha value is -2.36. The molecule has 0 bridgehead atoms. The van der Waals surface area contributed by atoms with Gasteiger partial charge in [-0.3, -0.25) is 9.69 Å². The van der Waals surface area contributed by atoms with E-state index in [2.05, 4.69) is 4.98 Å². The van der Waals surface area contributed by atoms with Crippen molar-refractivity contribution >= 4 is 36.0 Å². The van der Waals surface area contributed by atoms with Crippen molar-refractivity contribution in [1.29, 1.82) is 0 Å². The lowest BCUT2D eigenvalue weighted by molar-refractivity contribution is -0.689. The third-order valence-corrected chi connectivity index (χ3v) is 5.62. The molecule has 2 aromatic heterocycles. The van der Waals surface area contributed by atoms with Crippen molar-refractivity contribution in [2.24, 2.45) is 5.73 Å². The third-order valence-electron chi connectivity index (χ3n) is 4.26. The summed E-state index contributed by atoms with van der Waals surface area (Å²) in [5.41, 5.74) is 7.17. The van der Waals surface area contributed by atoms with Crippen LogP contribution in [0.1, 0.15) is 0 Å². The monoisotopic (exact) mass is 394 g/mol. The summed E-state index contributed by atoms with van der Waals surface area (Å²) >= 11 is 1.47. The molecule has 8 nitrogen and oxygen atoms in total. The number of carbonyl (C=O) groups is 2. The van der Waals surface area contributed by atoms with Gasteiger partial charge in [-0.1, -0.05) is 0 Å². The van der Waals surface area contributed by atoms with E-state index in [1.165, 1.54) is 23.1 Å². The maximum absolute atomic E-state index is 11.9. The number of aliphatic carboxylic acids is 1. The quantitative estimate of drug-likeness (QED) is 0.538.